The van der Waals surface area contributed by atoms with Crippen molar-refractivity contribution in [3.63, 3.8) is 0 Å². The van der Waals surface area contributed by atoms with Gasteiger partial charge in [-0.1, -0.05) is 12.2 Å². The zero-order valence-electron chi connectivity index (χ0n) is 7.67. The number of urea groups is 1. The van der Waals surface area contributed by atoms with Gasteiger partial charge in [0.05, 0.1) is 6.54 Å². The summed E-state index contributed by atoms with van der Waals surface area (Å²) in [5.41, 5.74) is 0. The Bertz CT molecular complexity index is 236. The summed E-state index contributed by atoms with van der Waals surface area (Å²) in [5, 5.41) is 5.11. The van der Waals surface area contributed by atoms with Crippen molar-refractivity contribution in [2.24, 2.45) is 5.92 Å². The first kappa shape index (κ1) is 9.77. The smallest absolute Gasteiger partial charge is 0.315 e. The van der Waals surface area contributed by atoms with E-state index >= 15 is 0 Å². The van der Waals surface area contributed by atoms with Gasteiger partial charge in [-0.15, -0.1) is 0 Å². The monoisotopic (exact) mass is 182 g/mol. The first-order valence-corrected chi connectivity index (χ1v) is 4.39. The third-order valence-electron chi connectivity index (χ3n) is 2.04. The average molecular weight is 182 g/mol. The summed E-state index contributed by atoms with van der Waals surface area (Å²) in [6, 6.07) is -0.253. The number of hydrogen-bond donors (Lipinski definition) is 2. The topological polar surface area (TPSA) is 58.2 Å². The van der Waals surface area contributed by atoms with Gasteiger partial charge >= 0.3 is 6.03 Å². The lowest BCUT2D eigenvalue weighted by Gasteiger charge is -2.08. The summed E-state index contributed by atoms with van der Waals surface area (Å²) in [7, 11) is 0. The highest BCUT2D eigenvalue weighted by molar-refractivity contribution is 5.89. The predicted octanol–water partition coefficient (Wildman–Crippen LogP) is 0.451. The van der Waals surface area contributed by atoms with E-state index in [-0.39, 0.29) is 24.3 Å². The van der Waals surface area contributed by atoms with E-state index in [1.165, 1.54) is 0 Å². The van der Waals surface area contributed by atoms with Crippen LogP contribution in [0.25, 0.3) is 0 Å². The minimum atomic E-state index is -0.253. The number of carbonyl (C=O) groups is 2. The van der Waals surface area contributed by atoms with Crippen LogP contribution in [0, 0.1) is 5.92 Å². The fourth-order valence-electron chi connectivity index (χ4n) is 1.22. The molecule has 0 aromatic rings. The molecule has 1 fully saturated rings. The highest BCUT2D eigenvalue weighted by Crippen LogP contribution is 2.06. The Morgan fingerprint density at radius 1 is 1.46 bits per heavy atom. The molecule has 0 saturated carbocycles. The molecule has 1 aliphatic heterocycles. The highest BCUT2D eigenvalue weighted by atomic mass is 16.2. The van der Waals surface area contributed by atoms with E-state index in [4.69, 9.17) is 0 Å². The number of hydrogen-bond acceptors (Lipinski definition) is 2. The van der Waals surface area contributed by atoms with Crippen LogP contribution in [0.3, 0.4) is 0 Å². The predicted molar refractivity (Wildman–Crippen MR) is 49.3 cm³/mol. The lowest BCUT2D eigenvalue weighted by Crippen LogP contribution is -2.33. The highest BCUT2D eigenvalue weighted by Gasteiger charge is 2.21. The van der Waals surface area contributed by atoms with E-state index < -0.39 is 0 Å². The van der Waals surface area contributed by atoms with Gasteiger partial charge in [-0.3, -0.25) is 4.79 Å². The molecule has 1 aliphatic rings. The van der Waals surface area contributed by atoms with Crippen molar-refractivity contribution in [2.75, 3.05) is 13.1 Å². The molecule has 72 valence electrons. The van der Waals surface area contributed by atoms with E-state index in [0.717, 1.165) is 0 Å². The quantitative estimate of drug-likeness (QED) is 0.609. The summed E-state index contributed by atoms with van der Waals surface area (Å²) in [6.45, 7) is 2.50. The van der Waals surface area contributed by atoms with E-state index in [9.17, 15) is 9.59 Å². The first-order chi connectivity index (χ1) is 6.24. The third-order valence-corrected chi connectivity index (χ3v) is 2.04. The van der Waals surface area contributed by atoms with Crippen molar-refractivity contribution in [1.82, 2.24) is 10.6 Å². The fraction of sp³-hybridized carbons (Fsp3) is 0.556. The molecule has 0 aliphatic carbocycles. The number of allylic oxidation sites excluding steroid dienone is 2. The molecule has 2 N–H and O–H groups in total. The second kappa shape index (κ2) is 4.64. The van der Waals surface area contributed by atoms with E-state index in [2.05, 4.69) is 10.6 Å². The molecule has 2 amide bonds. The third kappa shape index (κ3) is 2.89. The molecule has 1 heterocycles. The second-order valence-corrected chi connectivity index (χ2v) is 3.03. The summed E-state index contributed by atoms with van der Waals surface area (Å²) >= 11 is 0. The number of amides is 2. The van der Waals surface area contributed by atoms with Gasteiger partial charge in [0, 0.05) is 12.5 Å². The molecule has 13 heavy (non-hydrogen) atoms. The van der Waals surface area contributed by atoms with Gasteiger partial charge in [0.2, 0.25) is 0 Å². The molecular weight excluding hydrogens is 168 g/mol. The van der Waals surface area contributed by atoms with E-state index in [0.29, 0.717) is 13.0 Å². The molecule has 1 rings (SSSR count). The van der Waals surface area contributed by atoms with Crippen LogP contribution in [0.15, 0.2) is 12.2 Å². The van der Waals surface area contributed by atoms with Crippen LogP contribution in [0.4, 0.5) is 4.79 Å². The maximum atomic E-state index is 11.4. The van der Waals surface area contributed by atoms with E-state index in [1.807, 2.05) is 19.1 Å². The Morgan fingerprint density at radius 2 is 2.23 bits per heavy atom. The van der Waals surface area contributed by atoms with Gasteiger partial charge in [-0.05, 0) is 13.3 Å². The zero-order chi connectivity index (χ0) is 9.68. The summed E-state index contributed by atoms with van der Waals surface area (Å²) < 4.78 is 0. The molecule has 1 atom stereocenters. The van der Waals surface area contributed by atoms with Crippen LogP contribution in [0.2, 0.25) is 0 Å². The number of nitrogens with one attached hydrogen (secondary N) is 2. The fourth-order valence-corrected chi connectivity index (χ4v) is 1.22. The molecule has 0 radical (unpaired) electrons. The molecule has 1 saturated heterocycles. The van der Waals surface area contributed by atoms with Gasteiger partial charge in [-0.2, -0.15) is 0 Å². The van der Waals surface area contributed by atoms with Crippen molar-refractivity contribution in [1.29, 1.82) is 0 Å². The van der Waals surface area contributed by atoms with Crippen molar-refractivity contribution >= 4 is 11.8 Å². The van der Waals surface area contributed by atoms with Crippen molar-refractivity contribution < 1.29 is 9.59 Å². The van der Waals surface area contributed by atoms with E-state index in [1.54, 1.807) is 0 Å². The molecule has 4 nitrogen and oxygen atoms in total. The Hall–Kier alpha value is -1.32. The van der Waals surface area contributed by atoms with Crippen LogP contribution in [-0.4, -0.2) is 24.9 Å². The molecule has 0 aromatic carbocycles. The summed E-state index contributed by atoms with van der Waals surface area (Å²) in [6.07, 6.45) is 4.56. The minimum absolute atomic E-state index is 0.0739. The SMILES string of the molecule is C/C=C/C[C@H]1CNC(=O)NCC1=O. The summed E-state index contributed by atoms with van der Waals surface area (Å²) in [4.78, 5) is 22.2. The number of carbonyl (C=O) groups excluding carboxylic acids is 2. The first-order valence-electron chi connectivity index (χ1n) is 4.39. The summed E-state index contributed by atoms with van der Waals surface area (Å²) in [5.74, 6) is 0.0200. The van der Waals surface area contributed by atoms with Crippen LogP contribution >= 0.6 is 0 Å². The lowest BCUT2D eigenvalue weighted by atomic mass is 10.0. The maximum Gasteiger partial charge on any atom is 0.315 e. The Kier molecular flexibility index (Phi) is 3.49. The minimum Gasteiger partial charge on any atom is -0.337 e. The lowest BCUT2D eigenvalue weighted by molar-refractivity contribution is -0.121. The Balaban J connectivity index is 2.51. The molecule has 0 aromatic heterocycles. The van der Waals surface area contributed by atoms with Gasteiger partial charge in [0.25, 0.3) is 0 Å². The zero-order valence-corrected chi connectivity index (χ0v) is 7.67. The number of ketones is 1. The second-order valence-electron chi connectivity index (χ2n) is 3.03. The maximum absolute atomic E-state index is 11.4. The van der Waals surface area contributed by atoms with Crippen LogP contribution < -0.4 is 10.6 Å². The number of Topliss-reactive ketones (excluding diaryl/α,β-unsaturated/α-hetero) is 1. The largest absolute Gasteiger partial charge is 0.337 e. The molecule has 0 spiro atoms. The van der Waals surface area contributed by atoms with Gasteiger partial charge < -0.3 is 10.6 Å². The van der Waals surface area contributed by atoms with Crippen molar-refractivity contribution in [3.8, 4) is 0 Å². The van der Waals surface area contributed by atoms with Crippen LogP contribution in [0.5, 0.6) is 0 Å². The average Bonchev–Trinajstić information content (AvgIpc) is 2.28. The van der Waals surface area contributed by atoms with Gasteiger partial charge in [-0.25, -0.2) is 4.79 Å². The Labute approximate surface area is 77.4 Å². The molecular formula is C9H14N2O2. The number of rotatable bonds is 2. The van der Waals surface area contributed by atoms with Gasteiger partial charge in [0.1, 0.15) is 0 Å². The Morgan fingerprint density at radius 3 is 2.92 bits per heavy atom. The van der Waals surface area contributed by atoms with Crippen LogP contribution in [0.1, 0.15) is 13.3 Å². The van der Waals surface area contributed by atoms with Gasteiger partial charge in [0.15, 0.2) is 5.78 Å². The van der Waals surface area contributed by atoms with Crippen LogP contribution in [-0.2, 0) is 4.79 Å². The van der Waals surface area contributed by atoms with Crippen molar-refractivity contribution in [3.05, 3.63) is 12.2 Å². The molecule has 4 heteroatoms. The molecule has 0 unspecified atom stereocenters. The normalized spacial score (nSPS) is 23.9. The van der Waals surface area contributed by atoms with Crippen molar-refractivity contribution in [2.45, 2.75) is 13.3 Å². The standard InChI is InChI=1S/C9H14N2O2/c1-2-3-4-7-5-10-9(13)11-6-8(7)12/h2-3,7H,4-6H2,1H3,(H2,10,11,13)/b3-2+/t7-/m0/s1. The molecule has 0 bridgehead atoms.